The van der Waals surface area contributed by atoms with E-state index in [1.807, 2.05) is 24.3 Å². The van der Waals surface area contributed by atoms with E-state index < -0.39 is 0 Å². The van der Waals surface area contributed by atoms with E-state index in [-0.39, 0.29) is 5.54 Å². The molecule has 0 saturated carbocycles. The van der Waals surface area contributed by atoms with Crippen molar-refractivity contribution in [3.05, 3.63) is 57.2 Å². The van der Waals surface area contributed by atoms with Crippen LogP contribution in [0.15, 0.2) is 41.8 Å². The van der Waals surface area contributed by atoms with Gasteiger partial charge in [0.05, 0.1) is 0 Å². The number of thiophene rings is 1. The van der Waals surface area contributed by atoms with Crippen LogP contribution in [-0.4, -0.2) is 0 Å². The molecule has 1 atom stereocenters. The molecule has 1 aromatic heterocycles. The summed E-state index contributed by atoms with van der Waals surface area (Å²) in [4.78, 5) is 1.31. The lowest BCUT2D eigenvalue weighted by Gasteiger charge is -2.24. The molecule has 1 unspecified atom stereocenters. The summed E-state index contributed by atoms with van der Waals surface area (Å²) in [6.45, 7) is 2.05. The summed E-state index contributed by atoms with van der Waals surface area (Å²) in [7, 11) is 0. The highest BCUT2D eigenvalue weighted by molar-refractivity contribution is 7.09. The van der Waals surface area contributed by atoms with Gasteiger partial charge in [0, 0.05) is 21.9 Å². The molecule has 2 N–H and O–H groups in total. The van der Waals surface area contributed by atoms with Gasteiger partial charge in [-0.2, -0.15) is 0 Å². The Bertz CT molecular complexity index is 445. The van der Waals surface area contributed by atoms with Crippen molar-refractivity contribution < 1.29 is 0 Å². The summed E-state index contributed by atoms with van der Waals surface area (Å²) in [6.07, 6.45) is 0.853. The molecule has 2 aromatic rings. The Morgan fingerprint density at radius 3 is 2.50 bits per heavy atom. The van der Waals surface area contributed by atoms with Crippen molar-refractivity contribution in [2.24, 2.45) is 5.73 Å². The second kappa shape index (κ2) is 4.58. The normalized spacial score (nSPS) is 14.7. The minimum absolute atomic E-state index is 0.338. The lowest BCUT2D eigenvalue weighted by atomic mass is 9.89. The van der Waals surface area contributed by atoms with Gasteiger partial charge in [0.25, 0.3) is 0 Å². The minimum atomic E-state index is -0.338. The van der Waals surface area contributed by atoms with Gasteiger partial charge in [0.1, 0.15) is 0 Å². The molecule has 84 valence electrons. The Kier molecular flexibility index (Phi) is 3.33. The van der Waals surface area contributed by atoms with Crippen LogP contribution in [-0.2, 0) is 12.0 Å². The lowest BCUT2D eigenvalue weighted by Crippen LogP contribution is -2.35. The van der Waals surface area contributed by atoms with E-state index >= 15 is 0 Å². The van der Waals surface area contributed by atoms with Gasteiger partial charge in [-0.25, -0.2) is 0 Å². The summed E-state index contributed by atoms with van der Waals surface area (Å²) < 4.78 is 0. The van der Waals surface area contributed by atoms with Crippen molar-refractivity contribution in [1.29, 1.82) is 0 Å². The number of benzene rings is 1. The molecule has 0 bridgehead atoms. The first-order valence-electron chi connectivity index (χ1n) is 5.15. The van der Waals surface area contributed by atoms with Crippen molar-refractivity contribution in [2.75, 3.05) is 0 Å². The molecule has 0 fully saturated rings. The van der Waals surface area contributed by atoms with E-state index in [0.717, 1.165) is 17.0 Å². The average molecular weight is 252 g/mol. The highest BCUT2D eigenvalue weighted by atomic mass is 35.5. The van der Waals surface area contributed by atoms with Crippen molar-refractivity contribution >= 4 is 22.9 Å². The average Bonchev–Trinajstić information content (AvgIpc) is 2.70. The van der Waals surface area contributed by atoms with E-state index in [0.29, 0.717) is 0 Å². The monoisotopic (exact) mass is 251 g/mol. The van der Waals surface area contributed by atoms with Crippen LogP contribution in [0.4, 0.5) is 0 Å². The molecule has 1 aromatic carbocycles. The fourth-order valence-electron chi connectivity index (χ4n) is 1.71. The summed E-state index contributed by atoms with van der Waals surface area (Å²) in [5, 5.41) is 2.82. The van der Waals surface area contributed by atoms with Crippen LogP contribution in [0, 0.1) is 0 Å². The molecule has 1 heterocycles. The quantitative estimate of drug-likeness (QED) is 0.882. The summed E-state index contributed by atoms with van der Waals surface area (Å²) in [5.41, 5.74) is 7.12. The van der Waals surface area contributed by atoms with Crippen LogP contribution < -0.4 is 5.73 Å². The highest BCUT2D eigenvalue weighted by Crippen LogP contribution is 2.25. The second-order valence-corrected chi connectivity index (χ2v) is 5.65. The van der Waals surface area contributed by atoms with Crippen LogP contribution in [0.1, 0.15) is 17.4 Å². The van der Waals surface area contributed by atoms with Crippen molar-refractivity contribution in [3.8, 4) is 0 Å². The van der Waals surface area contributed by atoms with E-state index in [9.17, 15) is 0 Å². The number of nitrogens with two attached hydrogens (primary N) is 1. The standard InChI is InChI=1S/C13H14ClNS/c1-13(15,9-12-3-2-8-16-12)10-4-6-11(14)7-5-10/h2-8H,9,15H2,1H3. The molecule has 0 saturated heterocycles. The molecule has 0 amide bonds. The first-order chi connectivity index (χ1) is 7.58. The zero-order chi connectivity index (χ0) is 11.6. The number of hydrogen-bond acceptors (Lipinski definition) is 2. The molecular weight excluding hydrogens is 238 g/mol. The number of hydrogen-bond donors (Lipinski definition) is 1. The van der Waals surface area contributed by atoms with Crippen molar-refractivity contribution in [2.45, 2.75) is 18.9 Å². The maximum atomic E-state index is 6.34. The molecule has 3 heteroatoms. The Labute approximate surface area is 105 Å². The third kappa shape index (κ3) is 2.64. The van der Waals surface area contributed by atoms with E-state index in [1.54, 1.807) is 11.3 Å². The molecular formula is C13H14ClNS. The Hall–Kier alpha value is -0.830. The highest BCUT2D eigenvalue weighted by Gasteiger charge is 2.21. The summed E-state index contributed by atoms with van der Waals surface area (Å²) in [6, 6.07) is 11.9. The Morgan fingerprint density at radius 2 is 1.94 bits per heavy atom. The van der Waals surface area contributed by atoms with Gasteiger partial charge in [-0.3, -0.25) is 0 Å². The Morgan fingerprint density at radius 1 is 1.25 bits per heavy atom. The van der Waals surface area contributed by atoms with Gasteiger partial charge in [-0.15, -0.1) is 11.3 Å². The van der Waals surface area contributed by atoms with Crippen LogP contribution in [0.5, 0.6) is 0 Å². The summed E-state index contributed by atoms with van der Waals surface area (Å²) in [5.74, 6) is 0. The van der Waals surface area contributed by atoms with Gasteiger partial charge >= 0.3 is 0 Å². The third-order valence-electron chi connectivity index (χ3n) is 2.63. The minimum Gasteiger partial charge on any atom is -0.321 e. The second-order valence-electron chi connectivity index (χ2n) is 4.18. The molecule has 1 nitrogen and oxygen atoms in total. The van der Waals surface area contributed by atoms with E-state index in [2.05, 4.69) is 24.4 Å². The fourth-order valence-corrected chi connectivity index (χ4v) is 2.71. The summed E-state index contributed by atoms with van der Waals surface area (Å²) >= 11 is 7.61. The van der Waals surface area contributed by atoms with Crippen molar-refractivity contribution in [1.82, 2.24) is 0 Å². The first-order valence-corrected chi connectivity index (χ1v) is 6.41. The van der Waals surface area contributed by atoms with Gasteiger partial charge in [0.15, 0.2) is 0 Å². The zero-order valence-corrected chi connectivity index (χ0v) is 10.7. The molecule has 0 radical (unpaired) electrons. The Balaban J connectivity index is 2.21. The fraction of sp³-hybridized carbons (Fsp3) is 0.231. The number of rotatable bonds is 3. The maximum absolute atomic E-state index is 6.34. The van der Waals surface area contributed by atoms with Crippen LogP contribution in [0.3, 0.4) is 0 Å². The SMILES string of the molecule is CC(N)(Cc1cccs1)c1ccc(Cl)cc1. The number of halogens is 1. The van der Waals surface area contributed by atoms with Crippen LogP contribution in [0.25, 0.3) is 0 Å². The molecule has 0 aliphatic rings. The topological polar surface area (TPSA) is 26.0 Å². The van der Waals surface area contributed by atoms with Crippen LogP contribution in [0.2, 0.25) is 5.02 Å². The van der Waals surface area contributed by atoms with Crippen molar-refractivity contribution in [3.63, 3.8) is 0 Å². The third-order valence-corrected chi connectivity index (χ3v) is 3.75. The lowest BCUT2D eigenvalue weighted by molar-refractivity contribution is 0.495. The first kappa shape index (κ1) is 11.6. The molecule has 0 aliphatic carbocycles. The predicted octanol–water partition coefficient (Wildman–Crippen LogP) is 3.82. The van der Waals surface area contributed by atoms with Gasteiger partial charge < -0.3 is 5.73 Å². The predicted molar refractivity (Wildman–Crippen MR) is 71.0 cm³/mol. The van der Waals surface area contributed by atoms with E-state index in [4.69, 9.17) is 17.3 Å². The molecule has 0 aliphatic heterocycles. The maximum Gasteiger partial charge on any atom is 0.0429 e. The molecule has 0 spiro atoms. The van der Waals surface area contributed by atoms with Crippen LogP contribution >= 0.6 is 22.9 Å². The van der Waals surface area contributed by atoms with Gasteiger partial charge in [-0.05, 0) is 36.1 Å². The zero-order valence-electron chi connectivity index (χ0n) is 9.11. The molecule has 16 heavy (non-hydrogen) atoms. The van der Waals surface area contributed by atoms with E-state index in [1.165, 1.54) is 4.88 Å². The largest absolute Gasteiger partial charge is 0.321 e. The molecule has 2 rings (SSSR count). The van der Waals surface area contributed by atoms with Gasteiger partial charge in [-0.1, -0.05) is 29.8 Å². The van der Waals surface area contributed by atoms with Gasteiger partial charge in [0.2, 0.25) is 0 Å². The smallest absolute Gasteiger partial charge is 0.0429 e.